The average molecular weight is 391 g/mol. The highest BCUT2D eigenvalue weighted by Gasteiger charge is 2.42. The van der Waals surface area contributed by atoms with Gasteiger partial charge in [0.05, 0.1) is 27.9 Å². The molecule has 0 saturated carbocycles. The van der Waals surface area contributed by atoms with E-state index in [0.717, 1.165) is 58.2 Å². The first kappa shape index (κ1) is 17.3. The van der Waals surface area contributed by atoms with Crippen LogP contribution in [0.2, 0.25) is 5.02 Å². The normalized spacial score (nSPS) is 19.6. The summed E-state index contributed by atoms with van der Waals surface area (Å²) in [6, 6.07) is 15.3. The van der Waals surface area contributed by atoms with Crippen LogP contribution in [-0.4, -0.2) is 26.3 Å². The number of hydrogen-bond donors (Lipinski definition) is 1. The number of nitrogens with one attached hydrogen (secondary N) is 1. The number of aryl methyl sites for hydroxylation is 1. The molecule has 3 heterocycles. The maximum absolute atomic E-state index is 6.32. The molecule has 28 heavy (non-hydrogen) atoms. The van der Waals surface area contributed by atoms with Crippen molar-refractivity contribution in [3.05, 3.63) is 71.3 Å². The summed E-state index contributed by atoms with van der Waals surface area (Å²) in [5, 5.41) is 5.16. The van der Waals surface area contributed by atoms with Crippen LogP contribution < -0.4 is 4.90 Å². The third-order valence-corrected chi connectivity index (χ3v) is 6.24. The van der Waals surface area contributed by atoms with Crippen LogP contribution >= 0.6 is 11.6 Å². The van der Waals surface area contributed by atoms with Gasteiger partial charge in [0.1, 0.15) is 5.82 Å². The quantitative estimate of drug-likeness (QED) is 0.534. The lowest BCUT2D eigenvalue weighted by Gasteiger charge is -2.36. The largest absolute Gasteiger partial charge is 0.357 e. The van der Waals surface area contributed by atoms with E-state index >= 15 is 0 Å². The van der Waals surface area contributed by atoms with Gasteiger partial charge in [0.2, 0.25) is 0 Å². The zero-order valence-corrected chi connectivity index (χ0v) is 16.7. The molecule has 1 N–H and O–H groups in total. The van der Waals surface area contributed by atoms with Gasteiger partial charge in [-0.2, -0.15) is 5.10 Å². The minimum Gasteiger partial charge on any atom is -0.357 e. The van der Waals surface area contributed by atoms with E-state index in [9.17, 15) is 0 Å². The standard InChI is InChI=1S/C22H21ClN5/c1-15-16(23)9-10-17-20(15)26-21(25-17)22(2)11-5-13-27(22)18-7-3-4-8-19(18)28-14-6-12-24-28/h3-4,6-7,9-10,12,14H,5,11,13H2,1-2H3,(H,25,26)/t22-/m0/s1. The maximum atomic E-state index is 6.32. The summed E-state index contributed by atoms with van der Waals surface area (Å²) >= 11 is 6.32. The number of halogens is 1. The van der Waals surface area contributed by atoms with E-state index in [1.807, 2.05) is 48.1 Å². The van der Waals surface area contributed by atoms with E-state index < -0.39 is 0 Å². The molecule has 1 aliphatic heterocycles. The van der Waals surface area contributed by atoms with E-state index in [0.29, 0.717) is 0 Å². The third kappa shape index (κ3) is 2.53. The Bertz CT molecular complexity index is 1150. The maximum Gasteiger partial charge on any atom is 0.132 e. The van der Waals surface area contributed by atoms with Crippen molar-refractivity contribution in [1.29, 1.82) is 0 Å². The van der Waals surface area contributed by atoms with Gasteiger partial charge in [-0.25, -0.2) is 9.67 Å². The molecule has 141 valence electrons. The van der Waals surface area contributed by atoms with Gasteiger partial charge in [-0.15, -0.1) is 0 Å². The third-order valence-electron chi connectivity index (χ3n) is 5.83. The molecule has 6 heteroatoms. The molecule has 0 amide bonds. The summed E-state index contributed by atoms with van der Waals surface area (Å²) in [7, 11) is 0. The molecule has 1 aliphatic rings. The van der Waals surface area contributed by atoms with Crippen molar-refractivity contribution in [2.45, 2.75) is 32.2 Å². The summed E-state index contributed by atoms with van der Waals surface area (Å²) < 4.78 is 1.87. The number of para-hydroxylation sites is 1. The van der Waals surface area contributed by atoms with E-state index in [1.165, 1.54) is 0 Å². The van der Waals surface area contributed by atoms with Crippen LogP contribution in [0.25, 0.3) is 16.7 Å². The smallest absolute Gasteiger partial charge is 0.132 e. The number of fused-ring (bicyclic) bond motifs is 1. The van der Waals surface area contributed by atoms with E-state index in [2.05, 4.69) is 34.0 Å². The molecule has 4 aromatic rings. The highest BCUT2D eigenvalue weighted by molar-refractivity contribution is 6.32. The fourth-order valence-electron chi connectivity index (χ4n) is 4.26. The van der Waals surface area contributed by atoms with Crippen molar-refractivity contribution >= 4 is 28.3 Å². The van der Waals surface area contributed by atoms with Crippen LogP contribution in [-0.2, 0) is 5.54 Å². The Balaban J connectivity index is 1.64. The molecule has 5 rings (SSSR count). The molecule has 0 spiro atoms. The number of anilines is 1. The molecule has 5 nitrogen and oxygen atoms in total. The van der Waals surface area contributed by atoms with E-state index in [1.54, 1.807) is 6.20 Å². The van der Waals surface area contributed by atoms with E-state index in [-0.39, 0.29) is 5.54 Å². The molecule has 2 aromatic heterocycles. The van der Waals surface area contributed by atoms with Gasteiger partial charge in [-0.05, 0) is 56.5 Å². The Morgan fingerprint density at radius 1 is 1.25 bits per heavy atom. The molecule has 0 bridgehead atoms. The first-order valence-corrected chi connectivity index (χ1v) is 9.89. The molecule has 1 fully saturated rings. The van der Waals surface area contributed by atoms with Gasteiger partial charge >= 0.3 is 0 Å². The fraction of sp³-hybridized carbons (Fsp3) is 0.273. The molecule has 0 unspecified atom stereocenters. The summed E-state index contributed by atoms with van der Waals surface area (Å²) in [6.07, 6.45) is 5.86. The zero-order chi connectivity index (χ0) is 19.3. The number of hydrogen-bond acceptors (Lipinski definition) is 3. The van der Waals surface area contributed by atoms with Gasteiger partial charge in [0.15, 0.2) is 0 Å². The Kier molecular flexibility index (Phi) is 3.95. The number of benzene rings is 2. The van der Waals surface area contributed by atoms with E-state index in [4.69, 9.17) is 16.6 Å². The van der Waals surface area contributed by atoms with Gasteiger partial charge in [-0.3, -0.25) is 0 Å². The SMILES string of the molecule is Cc1c(Cl)ccc2[nH]c([C@]3(C)CCCN3c3ccc[c]c3-n3cccn3)nc12. The second-order valence-electron chi connectivity index (χ2n) is 7.54. The van der Waals surface area contributed by atoms with Gasteiger partial charge in [-0.1, -0.05) is 23.7 Å². The summed E-state index contributed by atoms with van der Waals surface area (Å²) in [4.78, 5) is 11.0. The summed E-state index contributed by atoms with van der Waals surface area (Å²) in [5.41, 5.74) is 4.81. The fourth-order valence-corrected chi connectivity index (χ4v) is 4.41. The van der Waals surface area contributed by atoms with Gasteiger partial charge < -0.3 is 9.88 Å². The Hall–Kier alpha value is -2.79. The lowest BCUT2D eigenvalue weighted by atomic mass is 9.97. The van der Waals surface area contributed by atoms with Crippen molar-refractivity contribution in [3.8, 4) is 5.69 Å². The second kappa shape index (κ2) is 6.38. The van der Waals surface area contributed by atoms with Gasteiger partial charge in [0.25, 0.3) is 0 Å². The first-order chi connectivity index (χ1) is 13.6. The molecular weight excluding hydrogens is 370 g/mol. The second-order valence-corrected chi connectivity index (χ2v) is 7.94. The van der Waals surface area contributed by atoms with Crippen LogP contribution in [0.3, 0.4) is 0 Å². The predicted octanol–water partition coefficient (Wildman–Crippen LogP) is 5.03. The molecule has 0 aliphatic carbocycles. The number of nitrogens with zero attached hydrogens (tertiary/aromatic N) is 4. The molecule has 1 saturated heterocycles. The van der Waals surface area contributed by atoms with Gasteiger partial charge in [0, 0.05) is 30.0 Å². The number of aromatic nitrogens is 4. The Morgan fingerprint density at radius 3 is 2.96 bits per heavy atom. The monoisotopic (exact) mass is 390 g/mol. The molecule has 1 atom stereocenters. The number of rotatable bonds is 3. The molecule has 2 aromatic carbocycles. The van der Waals surface area contributed by atoms with Crippen LogP contribution in [0.4, 0.5) is 5.69 Å². The Labute approximate surface area is 169 Å². The minimum atomic E-state index is -0.241. The lowest BCUT2D eigenvalue weighted by molar-refractivity contribution is 0.466. The lowest BCUT2D eigenvalue weighted by Crippen LogP contribution is -2.40. The van der Waals surface area contributed by atoms with Crippen molar-refractivity contribution in [2.24, 2.45) is 0 Å². The number of aromatic amines is 1. The Morgan fingerprint density at radius 2 is 2.14 bits per heavy atom. The zero-order valence-electron chi connectivity index (χ0n) is 15.9. The number of H-pyrrole nitrogens is 1. The predicted molar refractivity (Wildman–Crippen MR) is 112 cm³/mol. The summed E-state index contributed by atoms with van der Waals surface area (Å²) in [6.45, 7) is 5.24. The van der Waals surface area contributed by atoms with Crippen molar-refractivity contribution in [3.63, 3.8) is 0 Å². The number of imidazole rings is 1. The highest BCUT2D eigenvalue weighted by atomic mass is 35.5. The van der Waals surface area contributed by atoms with Crippen LogP contribution in [0.15, 0.2) is 48.8 Å². The average Bonchev–Trinajstić information content (AvgIpc) is 3.44. The van der Waals surface area contributed by atoms with Crippen LogP contribution in [0, 0.1) is 13.0 Å². The van der Waals surface area contributed by atoms with Crippen LogP contribution in [0.5, 0.6) is 0 Å². The molecular formula is C22H21ClN5. The van der Waals surface area contributed by atoms with Crippen LogP contribution in [0.1, 0.15) is 31.2 Å². The molecule has 1 radical (unpaired) electrons. The topological polar surface area (TPSA) is 49.7 Å². The van der Waals surface area contributed by atoms with Crippen molar-refractivity contribution in [1.82, 2.24) is 19.7 Å². The minimum absolute atomic E-state index is 0.241. The summed E-state index contributed by atoms with van der Waals surface area (Å²) in [5.74, 6) is 0.973. The van der Waals surface area contributed by atoms with Crippen molar-refractivity contribution in [2.75, 3.05) is 11.4 Å². The van der Waals surface area contributed by atoms with Crippen molar-refractivity contribution < 1.29 is 0 Å². The highest BCUT2D eigenvalue weighted by Crippen LogP contribution is 2.43. The first-order valence-electron chi connectivity index (χ1n) is 9.51.